The predicted octanol–water partition coefficient (Wildman–Crippen LogP) is 5.31. The maximum Gasteiger partial charge on any atom is 0.254 e. The van der Waals surface area contributed by atoms with Crippen molar-refractivity contribution < 1.29 is 28.2 Å². The molecule has 0 saturated heterocycles. The summed E-state index contributed by atoms with van der Waals surface area (Å²) in [7, 11) is 0. The molecule has 2 aliphatic rings. The molecule has 3 aromatic rings. The molecule has 0 aliphatic carbocycles. The minimum atomic E-state index is -0.377. The van der Waals surface area contributed by atoms with Crippen LogP contribution in [-0.4, -0.2) is 54.6 Å². The molecular formula is C29H31FN2O5S. The second-order valence-electron chi connectivity index (χ2n) is 9.69. The second kappa shape index (κ2) is 11.4. The van der Waals surface area contributed by atoms with E-state index < -0.39 is 0 Å². The zero-order valence-corrected chi connectivity index (χ0v) is 22.3. The van der Waals surface area contributed by atoms with Gasteiger partial charge < -0.3 is 24.0 Å². The molecule has 2 unspecified atom stereocenters. The summed E-state index contributed by atoms with van der Waals surface area (Å²) in [4.78, 5) is 32.0. The summed E-state index contributed by atoms with van der Waals surface area (Å²) in [5.74, 6) is 1.02. The summed E-state index contributed by atoms with van der Waals surface area (Å²) in [5.41, 5.74) is 1.50. The number of rotatable bonds is 9. The lowest BCUT2D eigenvalue weighted by Gasteiger charge is -2.37. The van der Waals surface area contributed by atoms with Crippen molar-refractivity contribution in [3.05, 3.63) is 75.7 Å². The number of thiophene rings is 1. The Balaban J connectivity index is 1.36. The third-order valence-electron chi connectivity index (χ3n) is 7.08. The first-order valence-corrected chi connectivity index (χ1v) is 13.7. The number of ether oxygens (including phenoxy) is 3. The van der Waals surface area contributed by atoms with Gasteiger partial charge >= 0.3 is 0 Å². The molecule has 2 aromatic carbocycles. The van der Waals surface area contributed by atoms with E-state index in [0.717, 1.165) is 18.4 Å². The van der Waals surface area contributed by atoms with Gasteiger partial charge in [-0.3, -0.25) is 9.59 Å². The first-order valence-electron chi connectivity index (χ1n) is 12.9. The molecule has 2 atom stereocenters. The van der Waals surface area contributed by atoms with Gasteiger partial charge in [0.05, 0.1) is 6.04 Å². The highest BCUT2D eigenvalue weighted by Crippen LogP contribution is 2.35. The number of carbonyl (C=O) groups is 2. The Morgan fingerprint density at radius 3 is 2.84 bits per heavy atom. The highest BCUT2D eigenvalue weighted by Gasteiger charge is 2.34. The smallest absolute Gasteiger partial charge is 0.254 e. The van der Waals surface area contributed by atoms with Gasteiger partial charge in [0.15, 0.2) is 11.5 Å². The Labute approximate surface area is 225 Å². The quantitative estimate of drug-likeness (QED) is 0.370. The van der Waals surface area contributed by atoms with Crippen LogP contribution >= 0.6 is 11.3 Å². The Morgan fingerprint density at radius 1 is 1.18 bits per heavy atom. The first-order chi connectivity index (χ1) is 18.4. The average molecular weight is 539 g/mol. The van der Waals surface area contributed by atoms with Crippen molar-refractivity contribution in [3.8, 4) is 17.2 Å². The van der Waals surface area contributed by atoms with Gasteiger partial charge in [-0.15, -0.1) is 11.3 Å². The van der Waals surface area contributed by atoms with E-state index in [2.05, 4.69) is 13.8 Å². The molecule has 2 aliphatic heterocycles. The highest BCUT2D eigenvalue weighted by molar-refractivity contribution is 7.10. The zero-order chi connectivity index (χ0) is 26.6. The second-order valence-corrected chi connectivity index (χ2v) is 10.7. The van der Waals surface area contributed by atoms with E-state index in [0.29, 0.717) is 35.9 Å². The Hall–Kier alpha value is -3.59. The summed E-state index contributed by atoms with van der Waals surface area (Å²) >= 11 is 1.66. The molecule has 0 N–H and O–H groups in total. The highest BCUT2D eigenvalue weighted by atomic mass is 32.1. The standard InChI is InChI=1S/C29H31FN2O5S/c1-3-19(2)15-31(29(34)20-7-8-25-26(13-20)37-18-36-25)16-28(33)32-11-9-27-23(10-12-38-27)24(32)17-35-22-6-4-5-21(30)14-22/h4-8,10,12-14,19,24H,3,9,11,15-18H2,1-2H3. The maximum absolute atomic E-state index is 13.8. The number of hydrogen-bond donors (Lipinski definition) is 0. The fraction of sp³-hybridized carbons (Fsp3) is 0.379. The van der Waals surface area contributed by atoms with E-state index in [1.54, 1.807) is 51.5 Å². The number of hydrogen-bond acceptors (Lipinski definition) is 6. The molecule has 0 bridgehead atoms. The monoisotopic (exact) mass is 538 g/mol. The van der Waals surface area contributed by atoms with Crippen LogP contribution in [0.15, 0.2) is 53.9 Å². The van der Waals surface area contributed by atoms with Crippen LogP contribution in [0, 0.1) is 11.7 Å². The Bertz CT molecular complexity index is 1310. The van der Waals surface area contributed by atoms with E-state index in [9.17, 15) is 14.0 Å². The van der Waals surface area contributed by atoms with Gasteiger partial charge in [0, 0.05) is 29.6 Å². The number of carbonyl (C=O) groups excluding carboxylic acids is 2. The molecule has 5 rings (SSSR count). The van der Waals surface area contributed by atoms with Crippen LogP contribution in [0.1, 0.15) is 47.1 Å². The first kappa shape index (κ1) is 26.0. The van der Waals surface area contributed by atoms with Gasteiger partial charge in [0.2, 0.25) is 12.7 Å². The molecular weight excluding hydrogens is 507 g/mol. The minimum absolute atomic E-state index is 0.0481. The van der Waals surface area contributed by atoms with Crippen LogP contribution in [0.5, 0.6) is 17.2 Å². The fourth-order valence-electron chi connectivity index (χ4n) is 4.80. The van der Waals surface area contributed by atoms with Gasteiger partial charge in [0.1, 0.15) is 24.7 Å². The predicted molar refractivity (Wildman–Crippen MR) is 142 cm³/mol. The summed E-state index contributed by atoms with van der Waals surface area (Å²) in [6.45, 7) is 5.39. The topological polar surface area (TPSA) is 68.3 Å². The Morgan fingerprint density at radius 2 is 2.03 bits per heavy atom. The SMILES string of the molecule is CCC(C)CN(CC(=O)N1CCc2sccc2C1COc1cccc(F)c1)C(=O)c1ccc2c(c1)OCO2. The van der Waals surface area contributed by atoms with Crippen LogP contribution in [0.3, 0.4) is 0 Å². The van der Waals surface area contributed by atoms with Crippen molar-refractivity contribution >= 4 is 23.2 Å². The van der Waals surface area contributed by atoms with Crippen LogP contribution < -0.4 is 14.2 Å². The van der Waals surface area contributed by atoms with Crippen LogP contribution in [0.2, 0.25) is 0 Å². The summed E-state index contributed by atoms with van der Waals surface area (Å²) in [6.07, 6.45) is 1.63. The summed E-state index contributed by atoms with van der Waals surface area (Å²) in [5, 5.41) is 2.02. The summed E-state index contributed by atoms with van der Waals surface area (Å²) < 4.78 is 30.5. The van der Waals surface area contributed by atoms with Gasteiger partial charge in [0.25, 0.3) is 5.91 Å². The minimum Gasteiger partial charge on any atom is -0.491 e. The zero-order valence-electron chi connectivity index (χ0n) is 21.5. The van der Waals surface area contributed by atoms with Crippen molar-refractivity contribution in [3.63, 3.8) is 0 Å². The molecule has 9 heteroatoms. The van der Waals surface area contributed by atoms with E-state index in [1.807, 2.05) is 11.4 Å². The lowest BCUT2D eigenvalue weighted by Crippen LogP contribution is -2.48. The van der Waals surface area contributed by atoms with E-state index in [1.165, 1.54) is 17.0 Å². The number of benzene rings is 2. The van der Waals surface area contributed by atoms with Crippen LogP contribution in [0.4, 0.5) is 4.39 Å². The fourth-order valence-corrected chi connectivity index (χ4v) is 5.73. The molecule has 7 nitrogen and oxygen atoms in total. The van der Waals surface area contributed by atoms with Gasteiger partial charge in [-0.25, -0.2) is 4.39 Å². The number of amides is 2. The summed E-state index contributed by atoms with van der Waals surface area (Å²) in [6, 6.07) is 12.8. The lowest BCUT2D eigenvalue weighted by molar-refractivity contribution is -0.135. The van der Waals surface area contributed by atoms with E-state index >= 15 is 0 Å². The largest absolute Gasteiger partial charge is 0.491 e. The number of halogens is 1. The number of nitrogens with zero attached hydrogens (tertiary/aromatic N) is 2. The van der Waals surface area contributed by atoms with E-state index in [4.69, 9.17) is 14.2 Å². The van der Waals surface area contributed by atoms with Crippen LogP contribution in [0.25, 0.3) is 0 Å². The average Bonchev–Trinajstić information content (AvgIpc) is 3.60. The molecule has 1 aromatic heterocycles. The van der Waals surface area contributed by atoms with E-state index in [-0.39, 0.29) is 49.5 Å². The molecule has 0 radical (unpaired) electrons. The van der Waals surface area contributed by atoms with Crippen molar-refractivity contribution in [2.45, 2.75) is 32.7 Å². The van der Waals surface area contributed by atoms with Gasteiger partial charge in [-0.2, -0.15) is 0 Å². The van der Waals surface area contributed by atoms with Crippen LogP contribution in [-0.2, 0) is 11.2 Å². The third-order valence-corrected chi connectivity index (χ3v) is 8.08. The molecule has 0 spiro atoms. The molecule has 0 saturated carbocycles. The molecule has 0 fully saturated rings. The molecule has 200 valence electrons. The van der Waals surface area contributed by atoms with Gasteiger partial charge in [-0.1, -0.05) is 26.3 Å². The molecule has 2 amide bonds. The molecule has 38 heavy (non-hydrogen) atoms. The molecule has 3 heterocycles. The van der Waals surface area contributed by atoms with Crippen molar-refractivity contribution in [2.24, 2.45) is 5.92 Å². The maximum atomic E-state index is 13.8. The van der Waals surface area contributed by atoms with Gasteiger partial charge in [-0.05, 0) is 59.7 Å². The van der Waals surface area contributed by atoms with Crippen molar-refractivity contribution in [1.29, 1.82) is 0 Å². The van der Waals surface area contributed by atoms with Crippen molar-refractivity contribution in [1.82, 2.24) is 9.80 Å². The lowest BCUT2D eigenvalue weighted by atomic mass is 10.00. The Kier molecular flexibility index (Phi) is 7.83. The normalized spacial score (nSPS) is 16.6. The number of fused-ring (bicyclic) bond motifs is 2. The van der Waals surface area contributed by atoms with Crippen molar-refractivity contribution in [2.75, 3.05) is 33.0 Å². The third kappa shape index (κ3) is 5.62.